The normalized spacial score (nSPS) is 12.1. The van der Waals surface area contributed by atoms with Crippen molar-refractivity contribution in [3.63, 3.8) is 0 Å². The molecule has 1 N–H and O–H groups in total. The molecule has 0 saturated carbocycles. The second-order valence-electron chi connectivity index (χ2n) is 4.94. The molecule has 0 aliphatic heterocycles. The summed E-state index contributed by atoms with van der Waals surface area (Å²) >= 11 is 15.3. The zero-order chi connectivity index (χ0) is 16.4. The van der Waals surface area contributed by atoms with Crippen molar-refractivity contribution < 1.29 is 4.79 Å². The molecule has 1 amide bonds. The number of rotatable bonds is 3. The van der Waals surface area contributed by atoms with Gasteiger partial charge in [-0.1, -0.05) is 51.3 Å². The van der Waals surface area contributed by atoms with Crippen molar-refractivity contribution in [3.8, 4) is 0 Å². The van der Waals surface area contributed by atoms with E-state index in [1.54, 1.807) is 24.4 Å². The molecule has 23 heavy (non-hydrogen) atoms. The maximum atomic E-state index is 12.4. The number of carbonyl (C=O) groups excluding carboxylic acids is 1. The number of nitrogens with zero attached hydrogens (tertiary/aromatic N) is 1. The van der Waals surface area contributed by atoms with E-state index in [2.05, 4.69) is 26.2 Å². The molecule has 1 atom stereocenters. The molecular weight excluding hydrogens is 399 g/mol. The predicted octanol–water partition coefficient (Wildman–Crippen LogP) is 5.62. The Balaban J connectivity index is 1.80. The fourth-order valence-electron chi connectivity index (χ4n) is 2.18. The van der Waals surface area contributed by atoms with Gasteiger partial charge in [0.2, 0.25) is 5.91 Å². The van der Waals surface area contributed by atoms with Gasteiger partial charge in [-0.25, -0.2) is 0 Å². The van der Waals surface area contributed by atoms with Crippen LogP contribution in [0.15, 0.2) is 54.7 Å². The minimum Gasteiger partial charge on any atom is -0.325 e. The number of hydrogen-bond acceptors (Lipinski definition) is 2. The summed E-state index contributed by atoms with van der Waals surface area (Å²) in [4.78, 5) is 16.1. The number of halogens is 3. The number of benzene rings is 2. The van der Waals surface area contributed by atoms with E-state index in [9.17, 15) is 4.79 Å². The first-order valence-corrected chi connectivity index (χ1v) is 8.46. The lowest BCUT2D eigenvalue weighted by Crippen LogP contribution is -2.17. The van der Waals surface area contributed by atoms with Crippen molar-refractivity contribution in [3.05, 3.63) is 70.3 Å². The van der Waals surface area contributed by atoms with Gasteiger partial charge in [-0.2, -0.15) is 0 Å². The molecule has 1 heterocycles. The molecule has 2 aromatic carbocycles. The Labute approximate surface area is 151 Å². The third kappa shape index (κ3) is 3.66. The molecule has 1 aromatic heterocycles. The number of amides is 1. The lowest BCUT2D eigenvalue weighted by molar-refractivity contribution is -0.115. The number of aromatic nitrogens is 1. The first-order chi connectivity index (χ1) is 11.0. The SMILES string of the molecule is O=C(Nc1ccc2ncccc2c1)C(Br)c1ccc(Cl)c(Cl)c1. The Kier molecular flexibility index (Phi) is 4.85. The summed E-state index contributed by atoms with van der Waals surface area (Å²) in [5, 5.41) is 4.71. The molecule has 116 valence electrons. The Bertz CT molecular complexity index is 885. The first kappa shape index (κ1) is 16.2. The van der Waals surface area contributed by atoms with Gasteiger partial charge in [0.25, 0.3) is 0 Å². The predicted molar refractivity (Wildman–Crippen MR) is 98.5 cm³/mol. The van der Waals surface area contributed by atoms with Crippen LogP contribution < -0.4 is 5.32 Å². The van der Waals surface area contributed by atoms with Crippen LogP contribution in [-0.2, 0) is 4.79 Å². The third-order valence-corrected chi connectivity index (χ3v) is 5.02. The van der Waals surface area contributed by atoms with Crippen molar-refractivity contribution in [2.45, 2.75) is 4.83 Å². The number of anilines is 1. The minimum atomic E-state index is -0.526. The Morgan fingerprint density at radius 1 is 1.09 bits per heavy atom. The first-order valence-electron chi connectivity index (χ1n) is 6.79. The average Bonchev–Trinajstić information content (AvgIpc) is 2.56. The zero-order valence-electron chi connectivity index (χ0n) is 11.8. The fraction of sp³-hybridized carbons (Fsp3) is 0.0588. The summed E-state index contributed by atoms with van der Waals surface area (Å²) in [5.74, 6) is -0.188. The van der Waals surface area contributed by atoms with Crippen LogP contribution in [0.4, 0.5) is 5.69 Å². The van der Waals surface area contributed by atoms with Gasteiger partial charge < -0.3 is 5.32 Å². The number of carbonyl (C=O) groups is 1. The number of hydrogen-bond donors (Lipinski definition) is 1. The van der Waals surface area contributed by atoms with Crippen molar-refractivity contribution in [1.29, 1.82) is 0 Å². The Morgan fingerprint density at radius 2 is 1.91 bits per heavy atom. The number of fused-ring (bicyclic) bond motifs is 1. The Morgan fingerprint density at radius 3 is 2.70 bits per heavy atom. The maximum absolute atomic E-state index is 12.4. The highest BCUT2D eigenvalue weighted by Gasteiger charge is 2.18. The number of nitrogens with one attached hydrogen (secondary N) is 1. The molecule has 3 rings (SSSR count). The molecule has 3 aromatic rings. The lowest BCUT2D eigenvalue weighted by atomic mass is 10.1. The van der Waals surface area contributed by atoms with E-state index in [1.807, 2.05) is 30.3 Å². The van der Waals surface area contributed by atoms with Gasteiger partial charge in [0.1, 0.15) is 4.83 Å². The van der Waals surface area contributed by atoms with Crippen LogP contribution in [0.5, 0.6) is 0 Å². The molecule has 0 aliphatic carbocycles. The van der Waals surface area contributed by atoms with Gasteiger partial charge in [-0.15, -0.1) is 0 Å². The summed E-state index contributed by atoms with van der Waals surface area (Å²) in [7, 11) is 0. The zero-order valence-corrected chi connectivity index (χ0v) is 14.9. The van der Waals surface area contributed by atoms with E-state index in [4.69, 9.17) is 23.2 Å². The standard InChI is InChI=1S/C17H11BrCl2N2O/c18-16(11-3-5-13(19)14(20)9-11)17(23)22-12-4-6-15-10(8-12)2-1-7-21-15/h1-9,16H,(H,22,23). The van der Waals surface area contributed by atoms with Gasteiger partial charge in [-0.05, 0) is 42.0 Å². The fourth-order valence-corrected chi connectivity index (χ4v) is 2.89. The van der Waals surface area contributed by atoms with Crippen LogP contribution in [0.2, 0.25) is 10.0 Å². The van der Waals surface area contributed by atoms with E-state index < -0.39 is 4.83 Å². The van der Waals surface area contributed by atoms with Gasteiger partial charge in [0.05, 0.1) is 15.6 Å². The molecular formula is C17H11BrCl2N2O. The number of pyridine rings is 1. The summed E-state index contributed by atoms with van der Waals surface area (Å²) < 4.78 is 0. The highest BCUT2D eigenvalue weighted by atomic mass is 79.9. The molecule has 0 aliphatic rings. The molecule has 0 bridgehead atoms. The van der Waals surface area contributed by atoms with Crippen LogP contribution in [0, 0.1) is 0 Å². The molecule has 1 unspecified atom stereocenters. The average molecular weight is 410 g/mol. The van der Waals surface area contributed by atoms with Gasteiger partial charge in [0, 0.05) is 17.3 Å². The van der Waals surface area contributed by atoms with E-state index in [0.29, 0.717) is 15.7 Å². The van der Waals surface area contributed by atoms with Crippen LogP contribution in [-0.4, -0.2) is 10.9 Å². The monoisotopic (exact) mass is 408 g/mol. The molecule has 0 saturated heterocycles. The summed E-state index contributed by atoms with van der Waals surface area (Å²) in [5.41, 5.74) is 2.32. The molecule has 0 fully saturated rings. The van der Waals surface area contributed by atoms with Gasteiger partial charge in [-0.3, -0.25) is 9.78 Å². The van der Waals surface area contributed by atoms with Crippen molar-refractivity contribution in [1.82, 2.24) is 4.98 Å². The largest absolute Gasteiger partial charge is 0.325 e. The number of alkyl halides is 1. The van der Waals surface area contributed by atoms with Crippen molar-refractivity contribution in [2.24, 2.45) is 0 Å². The van der Waals surface area contributed by atoms with Crippen LogP contribution in [0.3, 0.4) is 0 Å². The van der Waals surface area contributed by atoms with Crippen molar-refractivity contribution in [2.75, 3.05) is 5.32 Å². The minimum absolute atomic E-state index is 0.188. The quantitative estimate of drug-likeness (QED) is 0.570. The third-order valence-electron chi connectivity index (χ3n) is 3.34. The smallest absolute Gasteiger partial charge is 0.242 e. The molecule has 0 spiro atoms. The van der Waals surface area contributed by atoms with E-state index in [-0.39, 0.29) is 5.91 Å². The van der Waals surface area contributed by atoms with Crippen molar-refractivity contribution >= 4 is 61.6 Å². The highest BCUT2D eigenvalue weighted by Crippen LogP contribution is 2.30. The molecule has 0 radical (unpaired) electrons. The van der Waals surface area contributed by atoms with E-state index in [0.717, 1.165) is 16.5 Å². The van der Waals surface area contributed by atoms with Gasteiger partial charge >= 0.3 is 0 Å². The van der Waals surface area contributed by atoms with Gasteiger partial charge in [0.15, 0.2) is 0 Å². The maximum Gasteiger partial charge on any atom is 0.242 e. The van der Waals surface area contributed by atoms with E-state index >= 15 is 0 Å². The highest BCUT2D eigenvalue weighted by molar-refractivity contribution is 9.09. The topological polar surface area (TPSA) is 42.0 Å². The Hall–Kier alpha value is -1.62. The molecule has 6 heteroatoms. The van der Waals surface area contributed by atoms with Crippen LogP contribution >= 0.6 is 39.1 Å². The molecule has 3 nitrogen and oxygen atoms in total. The lowest BCUT2D eigenvalue weighted by Gasteiger charge is -2.12. The van der Waals surface area contributed by atoms with Crippen LogP contribution in [0.25, 0.3) is 10.9 Å². The summed E-state index contributed by atoms with van der Waals surface area (Å²) in [6, 6.07) is 14.5. The van der Waals surface area contributed by atoms with Crippen LogP contribution in [0.1, 0.15) is 10.4 Å². The second-order valence-corrected chi connectivity index (χ2v) is 6.67. The summed E-state index contributed by atoms with van der Waals surface area (Å²) in [6.07, 6.45) is 1.74. The summed E-state index contributed by atoms with van der Waals surface area (Å²) in [6.45, 7) is 0. The second kappa shape index (κ2) is 6.87. The van der Waals surface area contributed by atoms with E-state index in [1.165, 1.54) is 0 Å².